The quantitative estimate of drug-likeness (QED) is 0.603. The fourth-order valence-corrected chi connectivity index (χ4v) is 2.49. The third kappa shape index (κ3) is 3.32. The molecule has 0 heterocycles. The van der Waals surface area contributed by atoms with E-state index >= 15 is 0 Å². The molecule has 3 aromatic carbocycles. The highest BCUT2D eigenvalue weighted by Crippen LogP contribution is 2.35. The Morgan fingerprint density at radius 1 is 0.640 bits per heavy atom. The van der Waals surface area contributed by atoms with E-state index in [1.165, 1.54) is 0 Å². The van der Waals surface area contributed by atoms with Gasteiger partial charge in [-0.2, -0.15) is 10.5 Å². The highest BCUT2D eigenvalue weighted by molar-refractivity contribution is 5.77. The van der Waals surface area contributed by atoms with Gasteiger partial charge < -0.3 is 4.90 Å². The van der Waals surface area contributed by atoms with E-state index in [-0.39, 0.29) is 0 Å². The average Bonchev–Trinajstić information content (AvgIpc) is 2.70. The van der Waals surface area contributed by atoms with Crippen LogP contribution < -0.4 is 4.90 Å². The molecule has 0 aliphatic rings. The van der Waals surface area contributed by atoms with Crippen LogP contribution in [0.3, 0.4) is 0 Å². The van der Waals surface area contributed by atoms with Gasteiger partial charge in [-0.15, -0.1) is 0 Å². The maximum Gasteiger partial charge on any atom is 0.187 e. The largest absolute Gasteiger partial charge is 0.311 e. The van der Waals surface area contributed by atoms with E-state index in [0.717, 1.165) is 17.1 Å². The number of hydrogen-bond donors (Lipinski definition) is 0. The Morgan fingerprint density at radius 2 is 1.00 bits per heavy atom. The molecule has 0 bridgehead atoms. The normalized spacial score (nSPS) is 9.48. The van der Waals surface area contributed by atoms with Gasteiger partial charge in [0.05, 0.1) is 29.8 Å². The fourth-order valence-electron chi connectivity index (χ4n) is 2.49. The van der Waals surface area contributed by atoms with Gasteiger partial charge in [-0.3, -0.25) is 0 Å². The zero-order valence-corrected chi connectivity index (χ0v) is 13.2. The Labute approximate surface area is 146 Å². The summed E-state index contributed by atoms with van der Waals surface area (Å²) in [5.41, 5.74) is 4.42. The molecule has 3 rings (SSSR count). The zero-order chi connectivity index (χ0) is 17.6. The van der Waals surface area contributed by atoms with Gasteiger partial charge >= 0.3 is 0 Å². The van der Waals surface area contributed by atoms with Crippen LogP contribution in [0.25, 0.3) is 4.85 Å². The molecule has 0 N–H and O–H groups in total. The number of rotatable bonds is 3. The van der Waals surface area contributed by atoms with Gasteiger partial charge in [0.15, 0.2) is 5.69 Å². The highest BCUT2D eigenvalue weighted by Gasteiger charge is 2.12. The van der Waals surface area contributed by atoms with Crippen molar-refractivity contribution in [2.24, 2.45) is 0 Å². The molecule has 0 saturated heterocycles. The standard InChI is InChI=1S/C21H12N4/c1-24-18-6-12-21(13-7-18)25(19-8-2-16(14-22)3-9-19)20-10-4-17(15-23)5-11-20/h2-13H. The molecule has 116 valence electrons. The SMILES string of the molecule is [C-]#[N+]c1ccc(N(c2ccc(C#N)cc2)c2ccc(C#N)cc2)cc1. The lowest BCUT2D eigenvalue weighted by molar-refractivity contribution is 1.28. The molecule has 0 spiro atoms. The van der Waals surface area contributed by atoms with E-state index in [2.05, 4.69) is 17.0 Å². The van der Waals surface area contributed by atoms with Gasteiger partial charge in [0.1, 0.15) is 0 Å². The molecule has 0 amide bonds. The van der Waals surface area contributed by atoms with E-state index in [1.807, 2.05) is 41.3 Å². The summed E-state index contributed by atoms with van der Waals surface area (Å²) in [5, 5.41) is 18.0. The molecule has 0 radical (unpaired) electrons. The van der Waals surface area contributed by atoms with Gasteiger partial charge in [-0.05, 0) is 60.7 Å². The van der Waals surface area contributed by atoms with E-state index in [9.17, 15) is 0 Å². The van der Waals surface area contributed by atoms with Crippen LogP contribution in [0.1, 0.15) is 11.1 Å². The maximum absolute atomic E-state index is 8.99. The Kier molecular flexibility index (Phi) is 4.43. The van der Waals surface area contributed by atoms with Crippen molar-refractivity contribution in [2.45, 2.75) is 0 Å². The number of anilines is 3. The van der Waals surface area contributed by atoms with Gasteiger partial charge in [-0.25, -0.2) is 4.85 Å². The third-order valence-electron chi connectivity index (χ3n) is 3.75. The topological polar surface area (TPSA) is 55.2 Å². The summed E-state index contributed by atoms with van der Waals surface area (Å²) in [6.45, 7) is 7.09. The first-order chi connectivity index (χ1) is 12.2. The predicted octanol–water partition coefficient (Wildman–Crippen LogP) is 5.45. The van der Waals surface area contributed by atoms with Crippen molar-refractivity contribution in [2.75, 3.05) is 4.90 Å². The zero-order valence-electron chi connectivity index (χ0n) is 13.2. The summed E-state index contributed by atoms with van der Waals surface area (Å²) >= 11 is 0. The summed E-state index contributed by atoms with van der Waals surface area (Å²) in [6.07, 6.45) is 0. The van der Waals surface area contributed by atoms with Crippen molar-refractivity contribution < 1.29 is 0 Å². The van der Waals surface area contributed by atoms with E-state index in [4.69, 9.17) is 17.1 Å². The van der Waals surface area contributed by atoms with Crippen LogP contribution in [0, 0.1) is 29.2 Å². The van der Waals surface area contributed by atoms with Gasteiger partial charge in [-0.1, -0.05) is 12.1 Å². The molecule has 25 heavy (non-hydrogen) atoms. The number of nitrogens with zero attached hydrogens (tertiary/aromatic N) is 4. The summed E-state index contributed by atoms with van der Waals surface area (Å²) in [5.74, 6) is 0. The van der Waals surface area contributed by atoms with Crippen LogP contribution >= 0.6 is 0 Å². The number of hydrogen-bond acceptors (Lipinski definition) is 3. The monoisotopic (exact) mass is 320 g/mol. The Morgan fingerprint density at radius 3 is 1.32 bits per heavy atom. The van der Waals surface area contributed by atoms with Crippen molar-refractivity contribution in [3.8, 4) is 12.1 Å². The van der Waals surface area contributed by atoms with Crippen LogP contribution in [0.5, 0.6) is 0 Å². The first-order valence-corrected chi connectivity index (χ1v) is 7.53. The van der Waals surface area contributed by atoms with Crippen LogP contribution in [0.4, 0.5) is 22.7 Å². The summed E-state index contributed by atoms with van der Waals surface area (Å²) in [6, 6.07) is 26.1. The van der Waals surface area contributed by atoms with Crippen molar-refractivity contribution in [3.05, 3.63) is 95.3 Å². The van der Waals surface area contributed by atoms with Crippen LogP contribution in [0.2, 0.25) is 0 Å². The van der Waals surface area contributed by atoms with Gasteiger partial charge in [0, 0.05) is 17.1 Å². The molecule has 4 heteroatoms. The molecule has 0 fully saturated rings. The van der Waals surface area contributed by atoms with Crippen molar-refractivity contribution in [1.29, 1.82) is 10.5 Å². The lowest BCUT2D eigenvalue weighted by Crippen LogP contribution is -2.09. The molecule has 0 aromatic heterocycles. The summed E-state index contributed by atoms with van der Waals surface area (Å²) in [4.78, 5) is 5.43. The Balaban J connectivity index is 2.10. The molecule has 0 unspecified atom stereocenters. The first kappa shape index (κ1) is 15.8. The summed E-state index contributed by atoms with van der Waals surface area (Å²) < 4.78 is 0. The molecule has 0 aliphatic carbocycles. The summed E-state index contributed by atoms with van der Waals surface area (Å²) in [7, 11) is 0. The van der Waals surface area contributed by atoms with Crippen molar-refractivity contribution >= 4 is 22.7 Å². The lowest BCUT2D eigenvalue weighted by atomic mass is 10.1. The second-order valence-electron chi connectivity index (χ2n) is 5.28. The second-order valence-corrected chi connectivity index (χ2v) is 5.28. The number of nitriles is 2. The molecule has 3 aromatic rings. The smallest absolute Gasteiger partial charge is 0.187 e. The average molecular weight is 320 g/mol. The Hall–Kier alpha value is -4.07. The molecule has 0 saturated carbocycles. The Bertz CT molecular complexity index is 860. The third-order valence-corrected chi connectivity index (χ3v) is 3.75. The molecular weight excluding hydrogens is 308 g/mol. The van der Waals surface area contributed by atoms with E-state index in [0.29, 0.717) is 16.8 Å². The van der Waals surface area contributed by atoms with Crippen LogP contribution in [0.15, 0.2) is 72.8 Å². The minimum absolute atomic E-state index is 0.573. The highest BCUT2D eigenvalue weighted by atomic mass is 15.1. The molecule has 0 aliphatic heterocycles. The van der Waals surface area contributed by atoms with E-state index < -0.39 is 0 Å². The minimum atomic E-state index is 0.573. The maximum atomic E-state index is 8.99. The van der Waals surface area contributed by atoms with Gasteiger partial charge in [0.2, 0.25) is 0 Å². The van der Waals surface area contributed by atoms with Crippen molar-refractivity contribution in [3.63, 3.8) is 0 Å². The van der Waals surface area contributed by atoms with Gasteiger partial charge in [0.25, 0.3) is 0 Å². The van der Waals surface area contributed by atoms with Crippen molar-refractivity contribution in [1.82, 2.24) is 0 Å². The molecule has 0 atom stereocenters. The molecule has 4 nitrogen and oxygen atoms in total. The van der Waals surface area contributed by atoms with E-state index in [1.54, 1.807) is 36.4 Å². The fraction of sp³-hybridized carbons (Fsp3) is 0. The molecular formula is C21H12N4. The lowest BCUT2D eigenvalue weighted by Gasteiger charge is -2.25. The predicted molar refractivity (Wildman–Crippen MR) is 96.8 cm³/mol. The minimum Gasteiger partial charge on any atom is -0.311 e. The van der Waals surface area contributed by atoms with Crippen LogP contribution in [-0.2, 0) is 0 Å². The first-order valence-electron chi connectivity index (χ1n) is 7.53. The second kappa shape index (κ2) is 7.01. The number of benzene rings is 3. The van der Waals surface area contributed by atoms with Crippen LogP contribution in [-0.4, -0.2) is 0 Å².